The maximum Gasteiger partial charge on any atom is 0.326 e. The molecule has 3 N–H and O–H groups in total. The highest BCUT2D eigenvalue weighted by atomic mass is 32.2. The lowest BCUT2D eigenvalue weighted by molar-refractivity contribution is -0.141. The van der Waals surface area contributed by atoms with E-state index in [1.54, 1.807) is 0 Å². The van der Waals surface area contributed by atoms with E-state index in [0.717, 1.165) is 25.8 Å². The Morgan fingerprint density at radius 2 is 2.26 bits per heavy atom. The van der Waals surface area contributed by atoms with Crippen molar-refractivity contribution in [1.82, 2.24) is 10.6 Å². The average Bonchev–Trinajstić information content (AvgIpc) is 2.53. The Hall–Kier alpha value is -1.24. The Bertz CT molecular complexity index is 349. The van der Waals surface area contributed by atoms with Crippen LogP contribution in [0.1, 0.15) is 32.6 Å². The molecule has 108 valence electrons. The summed E-state index contributed by atoms with van der Waals surface area (Å²) in [5.74, 6) is -0.824. The number of carboxylic acid groups (broad SMARTS) is 1. The lowest BCUT2D eigenvalue weighted by Gasteiger charge is -2.16. The number of rotatable bonds is 6. The molecular weight excluding hydrogens is 268 g/mol. The van der Waals surface area contributed by atoms with Gasteiger partial charge in [-0.2, -0.15) is 0 Å². The first-order valence-electron chi connectivity index (χ1n) is 6.40. The molecule has 7 heteroatoms. The third-order valence-electron chi connectivity index (χ3n) is 2.89. The number of carbonyl (C=O) groups is 3. The number of amides is 2. The molecule has 0 saturated carbocycles. The smallest absolute Gasteiger partial charge is 0.326 e. The average molecular weight is 288 g/mol. The van der Waals surface area contributed by atoms with Gasteiger partial charge in [0.1, 0.15) is 6.04 Å². The van der Waals surface area contributed by atoms with Crippen molar-refractivity contribution in [2.45, 2.75) is 43.9 Å². The van der Waals surface area contributed by atoms with E-state index in [1.165, 1.54) is 18.7 Å². The first kappa shape index (κ1) is 15.8. The van der Waals surface area contributed by atoms with Crippen LogP contribution in [0.25, 0.3) is 0 Å². The van der Waals surface area contributed by atoms with Gasteiger partial charge in [0.2, 0.25) is 11.8 Å². The van der Waals surface area contributed by atoms with E-state index in [4.69, 9.17) is 5.11 Å². The van der Waals surface area contributed by atoms with E-state index in [2.05, 4.69) is 10.6 Å². The zero-order valence-corrected chi connectivity index (χ0v) is 11.8. The van der Waals surface area contributed by atoms with E-state index in [1.807, 2.05) is 0 Å². The van der Waals surface area contributed by atoms with Crippen LogP contribution in [0.3, 0.4) is 0 Å². The van der Waals surface area contributed by atoms with Gasteiger partial charge in [0.25, 0.3) is 0 Å². The standard InChI is InChI=1S/C12H20N2O4S/c1-8(15)14-9(12(17)18)5-7-19-10-4-2-3-6-13-11(10)16/h9-10H,2-7H2,1H3,(H,13,16)(H,14,15)(H,17,18). The van der Waals surface area contributed by atoms with Gasteiger partial charge in [-0.3, -0.25) is 9.59 Å². The summed E-state index contributed by atoms with van der Waals surface area (Å²) in [5.41, 5.74) is 0. The second kappa shape index (κ2) is 8.04. The fraction of sp³-hybridized carbons (Fsp3) is 0.750. The number of carbonyl (C=O) groups excluding carboxylic acids is 2. The van der Waals surface area contributed by atoms with E-state index in [9.17, 15) is 14.4 Å². The molecule has 0 bridgehead atoms. The fourth-order valence-electron chi connectivity index (χ4n) is 1.90. The Balaban J connectivity index is 2.36. The van der Waals surface area contributed by atoms with Crippen molar-refractivity contribution in [2.75, 3.05) is 12.3 Å². The summed E-state index contributed by atoms with van der Waals surface area (Å²) in [6.07, 6.45) is 3.15. The van der Waals surface area contributed by atoms with E-state index in [0.29, 0.717) is 12.2 Å². The second-order valence-electron chi connectivity index (χ2n) is 4.53. The lowest BCUT2D eigenvalue weighted by Crippen LogP contribution is -2.40. The van der Waals surface area contributed by atoms with Crippen LogP contribution in [0.15, 0.2) is 0 Å². The van der Waals surface area contributed by atoms with Gasteiger partial charge in [-0.05, 0) is 25.0 Å². The van der Waals surface area contributed by atoms with Crippen LogP contribution >= 0.6 is 11.8 Å². The molecule has 0 radical (unpaired) electrons. The minimum atomic E-state index is -1.04. The number of hydrogen-bond donors (Lipinski definition) is 3. The summed E-state index contributed by atoms with van der Waals surface area (Å²) in [7, 11) is 0. The minimum absolute atomic E-state index is 0.0360. The van der Waals surface area contributed by atoms with Crippen molar-refractivity contribution >= 4 is 29.5 Å². The lowest BCUT2D eigenvalue weighted by atomic mass is 10.2. The highest BCUT2D eigenvalue weighted by molar-refractivity contribution is 8.00. The molecule has 1 fully saturated rings. The molecule has 0 aromatic carbocycles. The topological polar surface area (TPSA) is 95.5 Å². The van der Waals surface area contributed by atoms with Gasteiger partial charge in [0, 0.05) is 13.5 Å². The van der Waals surface area contributed by atoms with Gasteiger partial charge in [0.15, 0.2) is 0 Å². The second-order valence-corrected chi connectivity index (χ2v) is 5.84. The molecule has 1 rings (SSSR count). The van der Waals surface area contributed by atoms with Crippen LogP contribution in [-0.4, -0.2) is 46.5 Å². The van der Waals surface area contributed by atoms with Gasteiger partial charge in [0.05, 0.1) is 5.25 Å². The van der Waals surface area contributed by atoms with Gasteiger partial charge in [-0.25, -0.2) is 4.79 Å². The summed E-state index contributed by atoms with van der Waals surface area (Å²) in [6.45, 7) is 2.02. The van der Waals surface area contributed by atoms with E-state index < -0.39 is 12.0 Å². The Labute approximate surface area is 116 Å². The molecule has 1 aliphatic rings. The van der Waals surface area contributed by atoms with Gasteiger partial charge in [-0.15, -0.1) is 11.8 Å². The highest BCUT2D eigenvalue weighted by Crippen LogP contribution is 2.21. The molecule has 2 atom stereocenters. The van der Waals surface area contributed by atoms with E-state index in [-0.39, 0.29) is 17.1 Å². The summed E-state index contributed by atoms with van der Waals surface area (Å²) in [6, 6.07) is -0.876. The largest absolute Gasteiger partial charge is 0.480 e. The third kappa shape index (κ3) is 5.96. The van der Waals surface area contributed by atoms with Crippen LogP contribution in [0.5, 0.6) is 0 Å². The molecule has 2 unspecified atom stereocenters. The molecular formula is C12H20N2O4S. The molecule has 1 heterocycles. The van der Waals surface area contributed by atoms with Gasteiger partial charge in [-0.1, -0.05) is 6.42 Å². The summed E-state index contributed by atoms with van der Waals surface area (Å²) >= 11 is 1.46. The molecule has 1 saturated heterocycles. The maximum absolute atomic E-state index is 11.7. The summed E-state index contributed by atoms with van der Waals surface area (Å²) < 4.78 is 0. The number of nitrogens with one attached hydrogen (secondary N) is 2. The molecule has 0 aromatic heterocycles. The third-order valence-corrected chi connectivity index (χ3v) is 4.21. The SMILES string of the molecule is CC(=O)NC(CCSC1CCCCNC1=O)C(=O)O. The van der Waals surface area contributed by atoms with Crippen LogP contribution < -0.4 is 10.6 Å². The highest BCUT2D eigenvalue weighted by Gasteiger charge is 2.23. The van der Waals surface area contributed by atoms with Crippen molar-refractivity contribution in [2.24, 2.45) is 0 Å². The molecule has 19 heavy (non-hydrogen) atoms. The minimum Gasteiger partial charge on any atom is -0.480 e. The monoisotopic (exact) mass is 288 g/mol. The maximum atomic E-state index is 11.7. The first-order chi connectivity index (χ1) is 9.00. The molecule has 2 amide bonds. The van der Waals surface area contributed by atoms with Gasteiger partial charge >= 0.3 is 5.97 Å². The molecule has 6 nitrogen and oxygen atoms in total. The van der Waals surface area contributed by atoms with Crippen LogP contribution in [0.4, 0.5) is 0 Å². The van der Waals surface area contributed by atoms with Crippen LogP contribution in [0.2, 0.25) is 0 Å². The summed E-state index contributed by atoms with van der Waals surface area (Å²) in [4.78, 5) is 33.5. The predicted octanol–water partition coefficient (Wildman–Crippen LogP) is 0.368. The fourth-order valence-corrected chi connectivity index (χ4v) is 3.13. The quantitative estimate of drug-likeness (QED) is 0.656. The molecule has 0 spiro atoms. The van der Waals surface area contributed by atoms with Crippen molar-refractivity contribution in [3.63, 3.8) is 0 Å². The molecule has 0 aliphatic carbocycles. The van der Waals surface area contributed by atoms with E-state index >= 15 is 0 Å². The van der Waals surface area contributed by atoms with Crippen molar-refractivity contribution < 1.29 is 19.5 Å². The number of thioether (sulfide) groups is 1. The Morgan fingerprint density at radius 3 is 2.89 bits per heavy atom. The zero-order valence-electron chi connectivity index (χ0n) is 11.0. The number of hydrogen-bond acceptors (Lipinski definition) is 4. The van der Waals surface area contributed by atoms with Crippen molar-refractivity contribution in [3.05, 3.63) is 0 Å². The first-order valence-corrected chi connectivity index (χ1v) is 7.45. The number of carboxylic acids is 1. The van der Waals surface area contributed by atoms with Gasteiger partial charge < -0.3 is 15.7 Å². The Morgan fingerprint density at radius 1 is 1.53 bits per heavy atom. The summed E-state index contributed by atoms with van der Waals surface area (Å²) in [5, 5.41) is 14.1. The molecule has 0 aromatic rings. The predicted molar refractivity (Wildman–Crippen MR) is 73.0 cm³/mol. The number of aliphatic carboxylic acids is 1. The Kier molecular flexibility index (Phi) is 6.69. The molecule has 1 aliphatic heterocycles. The van der Waals surface area contributed by atoms with Crippen molar-refractivity contribution in [1.29, 1.82) is 0 Å². The normalized spacial score (nSPS) is 21.1. The van der Waals surface area contributed by atoms with Crippen LogP contribution in [0, 0.1) is 0 Å². The zero-order chi connectivity index (χ0) is 14.3. The van der Waals surface area contributed by atoms with Crippen molar-refractivity contribution in [3.8, 4) is 0 Å². The van der Waals surface area contributed by atoms with Crippen LogP contribution in [-0.2, 0) is 14.4 Å².